The molecule has 1 amide bonds. The van der Waals surface area contributed by atoms with Crippen molar-refractivity contribution in [3.8, 4) is 5.75 Å². The molecule has 0 radical (unpaired) electrons. The van der Waals surface area contributed by atoms with Crippen LogP contribution in [-0.2, 0) is 16.3 Å². The Hall–Kier alpha value is -2.35. The van der Waals surface area contributed by atoms with Gasteiger partial charge in [-0.25, -0.2) is 8.42 Å². The number of rotatable bonds is 6. The standard InChI is InChI=1S/C18H23N3O4S/c1-13-17(11-20-21(13)15-7-9-26(23,24)12-15)18(22)19-8-6-14-4-3-5-16(10-14)25-2/h3-5,10-11,15H,6-9,12H2,1-2H3,(H,19,22). The molecule has 1 aliphatic heterocycles. The van der Waals surface area contributed by atoms with Crippen LogP contribution in [0.5, 0.6) is 5.75 Å². The first-order valence-corrected chi connectivity index (χ1v) is 10.4. The molecule has 1 saturated heterocycles. The Balaban J connectivity index is 1.60. The third kappa shape index (κ3) is 4.07. The van der Waals surface area contributed by atoms with E-state index in [1.54, 1.807) is 18.7 Å². The topological polar surface area (TPSA) is 90.3 Å². The summed E-state index contributed by atoms with van der Waals surface area (Å²) in [6, 6.07) is 7.54. The van der Waals surface area contributed by atoms with Gasteiger partial charge in [-0.2, -0.15) is 5.10 Å². The van der Waals surface area contributed by atoms with E-state index in [0.717, 1.165) is 11.3 Å². The molecular weight excluding hydrogens is 354 g/mol. The molecule has 1 atom stereocenters. The number of carbonyl (C=O) groups is 1. The number of ether oxygens (including phenoxy) is 1. The zero-order valence-corrected chi connectivity index (χ0v) is 15.8. The second-order valence-electron chi connectivity index (χ2n) is 6.50. The highest BCUT2D eigenvalue weighted by atomic mass is 32.2. The fourth-order valence-corrected chi connectivity index (χ4v) is 4.92. The van der Waals surface area contributed by atoms with E-state index in [0.29, 0.717) is 30.6 Å². The van der Waals surface area contributed by atoms with E-state index in [-0.39, 0.29) is 23.5 Å². The second-order valence-corrected chi connectivity index (χ2v) is 8.73. The zero-order valence-electron chi connectivity index (χ0n) is 14.9. The molecule has 1 aromatic heterocycles. The fraction of sp³-hybridized carbons (Fsp3) is 0.444. The van der Waals surface area contributed by atoms with Gasteiger partial charge in [0.1, 0.15) is 5.75 Å². The summed E-state index contributed by atoms with van der Waals surface area (Å²) in [6.07, 6.45) is 2.75. The average molecular weight is 377 g/mol. The van der Waals surface area contributed by atoms with E-state index in [9.17, 15) is 13.2 Å². The molecule has 1 unspecified atom stereocenters. The van der Waals surface area contributed by atoms with E-state index >= 15 is 0 Å². The van der Waals surface area contributed by atoms with Gasteiger partial charge in [-0.05, 0) is 37.5 Å². The number of amides is 1. The minimum absolute atomic E-state index is 0.0897. The maximum atomic E-state index is 12.4. The van der Waals surface area contributed by atoms with Crippen molar-refractivity contribution in [1.82, 2.24) is 15.1 Å². The number of benzene rings is 1. The van der Waals surface area contributed by atoms with E-state index in [4.69, 9.17) is 4.74 Å². The summed E-state index contributed by atoms with van der Waals surface area (Å²) in [7, 11) is -1.37. The van der Waals surface area contributed by atoms with Crippen LogP contribution >= 0.6 is 0 Å². The number of carbonyl (C=O) groups excluding carboxylic acids is 1. The van der Waals surface area contributed by atoms with Crippen molar-refractivity contribution in [2.45, 2.75) is 25.8 Å². The molecular formula is C18H23N3O4S. The van der Waals surface area contributed by atoms with Crippen LogP contribution in [0.25, 0.3) is 0 Å². The van der Waals surface area contributed by atoms with Crippen LogP contribution in [0.1, 0.15) is 34.1 Å². The summed E-state index contributed by atoms with van der Waals surface area (Å²) >= 11 is 0. The highest BCUT2D eigenvalue weighted by Gasteiger charge is 2.31. The number of aromatic nitrogens is 2. The predicted octanol–water partition coefficient (Wildman–Crippen LogP) is 1.53. The van der Waals surface area contributed by atoms with Gasteiger partial charge in [0.25, 0.3) is 5.91 Å². The predicted molar refractivity (Wildman–Crippen MR) is 98.3 cm³/mol. The maximum Gasteiger partial charge on any atom is 0.254 e. The van der Waals surface area contributed by atoms with E-state index in [2.05, 4.69) is 10.4 Å². The van der Waals surface area contributed by atoms with E-state index in [1.165, 1.54) is 6.20 Å². The molecule has 0 aliphatic carbocycles. The number of nitrogens with one attached hydrogen (secondary N) is 1. The highest BCUT2D eigenvalue weighted by molar-refractivity contribution is 7.91. The maximum absolute atomic E-state index is 12.4. The molecule has 140 valence electrons. The van der Waals surface area contributed by atoms with Gasteiger partial charge >= 0.3 is 0 Å². The van der Waals surface area contributed by atoms with Crippen LogP contribution in [0.3, 0.4) is 0 Å². The Morgan fingerprint density at radius 2 is 2.23 bits per heavy atom. The van der Waals surface area contributed by atoms with Crippen molar-refractivity contribution < 1.29 is 17.9 Å². The third-order valence-corrected chi connectivity index (χ3v) is 6.43. The molecule has 1 aliphatic rings. The molecule has 8 heteroatoms. The number of nitrogens with zero attached hydrogens (tertiary/aromatic N) is 2. The summed E-state index contributed by atoms with van der Waals surface area (Å²) in [5.74, 6) is 0.862. The monoisotopic (exact) mass is 377 g/mol. The highest BCUT2D eigenvalue weighted by Crippen LogP contribution is 2.25. The summed E-state index contributed by atoms with van der Waals surface area (Å²) in [6.45, 7) is 2.29. The molecule has 3 rings (SSSR count). The Kier molecular flexibility index (Phi) is 5.31. The van der Waals surface area contributed by atoms with Gasteiger partial charge in [-0.1, -0.05) is 12.1 Å². The molecule has 0 bridgehead atoms. The van der Waals surface area contributed by atoms with Gasteiger partial charge in [-0.15, -0.1) is 0 Å². The second kappa shape index (κ2) is 7.49. The lowest BCUT2D eigenvalue weighted by Crippen LogP contribution is -2.26. The summed E-state index contributed by atoms with van der Waals surface area (Å²) in [5, 5.41) is 7.14. The van der Waals surface area contributed by atoms with Crippen molar-refractivity contribution >= 4 is 15.7 Å². The summed E-state index contributed by atoms with van der Waals surface area (Å²) in [4.78, 5) is 12.4. The lowest BCUT2D eigenvalue weighted by molar-refractivity contribution is 0.0953. The number of hydrogen-bond donors (Lipinski definition) is 1. The lowest BCUT2D eigenvalue weighted by atomic mass is 10.1. The van der Waals surface area contributed by atoms with Crippen LogP contribution in [0.2, 0.25) is 0 Å². The zero-order chi connectivity index (χ0) is 18.7. The number of methoxy groups -OCH3 is 1. The average Bonchev–Trinajstić information content (AvgIpc) is 3.17. The van der Waals surface area contributed by atoms with E-state index < -0.39 is 9.84 Å². The largest absolute Gasteiger partial charge is 0.497 e. The molecule has 2 heterocycles. The SMILES string of the molecule is COc1cccc(CCNC(=O)c2cnn(C3CCS(=O)(=O)C3)c2C)c1. The molecule has 2 aromatic rings. The van der Waals surface area contributed by atoms with E-state index in [1.807, 2.05) is 24.3 Å². The van der Waals surface area contributed by atoms with Crippen LogP contribution in [0.4, 0.5) is 0 Å². The number of hydrogen-bond acceptors (Lipinski definition) is 5. The molecule has 1 aromatic carbocycles. The minimum atomic E-state index is -2.99. The van der Waals surface area contributed by atoms with Crippen molar-refractivity contribution in [2.75, 3.05) is 25.2 Å². The van der Waals surface area contributed by atoms with Crippen molar-refractivity contribution in [2.24, 2.45) is 0 Å². The summed E-state index contributed by atoms with van der Waals surface area (Å²) < 4.78 is 30.2. The van der Waals surface area contributed by atoms with Gasteiger partial charge in [0.2, 0.25) is 0 Å². The lowest BCUT2D eigenvalue weighted by Gasteiger charge is -2.11. The molecule has 0 spiro atoms. The fourth-order valence-electron chi connectivity index (χ4n) is 3.23. The van der Waals surface area contributed by atoms with Crippen molar-refractivity contribution in [3.05, 3.63) is 47.3 Å². The molecule has 1 N–H and O–H groups in total. The molecule has 26 heavy (non-hydrogen) atoms. The van der Waals surface area contributed by atoms with Crippen molar-refractivity contribution in [3.63, 3.8) is 0 Å². The number of sulfone groups is 1. The third-order valence-electron chi connectivity index (χ3n) is 4.68. The Labute approximate surface area is 153 Å². The molecule has 1 fully saturated rings. The van der Waals surface area contributed by atoms with Crippen LogP contribution in [-0.4, -0.2) is 49.3 Å². The first-order chi connectivity index (χ1) is 12.4. The van der Waals surface area contributed by atoms with Crippen LogP contribution in [0.15, 0.2) is 30.5 Å². The Bertz CT molecular complexity index is 905. The summed E-state index contributed by atoms with van der Waals surface area (Å²) in [5.41, 5.74) is 2.26. The van der Waals surface area contributed by atoms with Gasteiger partial charge in [-0.3, -0.25) is 9.48 Å². The molecule has 0 saturated carbocycles. The smallest absolute Gasteiger partial charge is 0.254 e. The van der Waals surface area contributed by atoms with Crippen molar-refractivity contribution in [1.29, 1.82) is 0 Å². The normalized spacial score (nSPS) is 18.6. The van der Waals surface area contributed by atoms with Gasteiger partial charge in [0.05, 0.1) is 36.4 Å². The van der Waals surface area contributed by atoms with Gasteiger partial charge in [0.15, 0.2) is 9.84 Å². The molecule has 7 nitrogen and oxygen atoms in total. The van der Waals surface area contributed by atoms with Crippen LogP contribution < -0.4 is 10.1 Å². The first kappa shape index (κ1) is 18.4. The quantitative estimate of drug-likeness (QED) is 0.825. The van der Waals surface area contributed by atoms with Gasteiger partial charge in [0, 0.05) is 12.2 Å². The Morgan fingerprint density at radius 3 is 2.92 bits per heavy atom. The van der Waals surface area contributed by atoms with Crippen LogP contribution in [0, 0.1) is 6.92 Å². The first-order valence-electron chi connectivity index (χ1n) is 8.55. The van der Waals surface area contributed by atoms with Gasteiger partial charge < -0.3 is 10.1 Å². The minimum Gasteiger partial charge on any atom is -0.497 e. The Morgan fingerprint density at radius 1 is 1.42 bits per heavy atom.